The summed E-state index contributed by atoms with van der Waals surface area (Å²) in [7, 11) is 0. The van der Waals surface area contributed by atoms with Crippen molar-refractivity contribution in [2.75, 3.05) is 6.61 Å². The van der Waals surface area contributed by atoms with E-state index in [4.69, 9.17) is 4.74 Å². The summed E-state index contributed by atoms with van der Waals surface area (Å²) < 4.78 is 9.25. The van der Waals surface area contributed by atoms with Crippen LogP contribution in [-0.2, 0) is 16.1 Å². The first-order valence-corrected chi connectivity index (χ1v) is 5.42. The van der Waals surface area contributed by atoms with Gasteiger partial charge in [-0.05, 0) is 19.4 Å². The molecule has 0 saturated carbocycles. The lowest BCUT2D eigenvalue weighted by molar-refractivity contribution is 0.144. The normalized spacial score (nSPS) is 10.3. The summed E-state index contributed by atoms with van der Waals surface area (Å²) in [6.07, 6.45) is -1.84. The Morgan fingerprint density at radius 1 is 1.06 bits per heavy atom. The third kappa shape index (κ3) is 5.20. The van der Waals surface area contributed by atoms with Crippen LogP contribution in [-0.4, -0.2) is 18.8 Å². The average molecular weight is 250 g/mol. The topological polar surface area (TPSA) is 77.3 Å². The number of azo groups is 1. The molecule has 0 spiro atoms. The van der Waals surface area contributed by atoms with E-state index in [1.807, 2.05) is 31.2 Å². The lowest BCUT2D eigenvalue weighted by Gasteiger charge is -2.01. The average Bonchev–Trinajstić information content (AvgIpc) is 2.36. The zero-order valence-corrected chi connectivity index (χ0v) is 10.3. The summed E-state index contributed by atoms with van der Waals surface area (Å²) in [5.41, 5.74) is 1.95. The molecule has 0 heterocycles. The van der Waals surface area contributed by atoms with Crippen molar-refractivity contribution in [3.05, 3.63) is 35.4 Å². The highest BCUT2D eigenvalue weighted by Crippen LogP contribution is 2.05. The van der Waals surface area contributed by atoms with Crippen LogP contribution >= 0.6 is 0 Å². The second-order valence-electron chi connectivity index (χ2n) is 3.44. The van der Waals surface area contributed by atoms with Gasteiger partial charge < -0.3 is 9.47 Å². The fourth-order valence-electron chi connectivity index (χ4n) is 1.09. The van der Waals surface area contributed by atoms with Gasteiger partial charge in [-0.2, -0.15) is 0 Å². The minimum atomic E-state index is -0.927. The number of carbonyl (C=O) groups is 2. The molecule has 0 bridgehead atoms. The van der Waals surface area contributed by atoms with Gasteiger partial charge in [-0.3, -0.25) is 0 Å². The highest BCUT2D eigenvalue weighted by Gasteiger charge is 2.03. The summed E-state index contributed by atoms with van der Waals surface area (Å²) in [5, 5.41) is 6.09. The van der Waals surface area contributed by atoms with Gasteiger partial charge in [0.25, 0.3) is 0 Å². The number of amides is 2. The van der Waals surface area contributed by atoms with Crippen LogP contribution in [0.5, 0.6) is 0 Å². The van der Waals surface area contributed by atoms with Crippen LogP contribution in [0, 0.1) is 6.92 Å². The number of benzene rings is 1. The zero-order chi connectivity index (χ0) is 13.4. The Bertz CT molecular complexity index is 440. The first-order valence-electron chi connectivity index (χ1n) is 5.42. The van der Waals surface area contributed by atoms with Crippen LogP contribution in [0.3, 0.4) is 0 Å². The van der Waals surface area contributed by atoms with Gasteiger partial charge in [0.1, 0.15) is 6.61 Å². The molecular formula is C12H14N2O4. The highest BCUT2D eigenvalue weighted by molar-refractivity contribution is 5.73. The van der Waals surface area contributed by atoms with Crippen molar-refractivity contribution in [3.8, 4) is 0 Å². The first kappa shape index (κ1) is 13.8. The predicted molar refractivity (Wildman–Crippen MR) is 63.2 cm³/mol. The van der Waals surface area contributed by atoms with E-state index in [1.54, 1.807) is 6.92 Å². The van der Waals surface area contributed by atoms with Crippen LogP contribution in [0.15, 0.2) is 34.5 Å². The van der Waals surface area contributed by atoms with Crippen LogP contribution < -0.4 is 0 Å². The summed E-state index contributed by atoms with van der Waals surface area (Å²) in [5.74, 6) is 0. The van der Waals surface area contributed by atoms with Crippen LogP contribution in [0.1, 0.15) is 18.1 Å². The molecule has 1 rings (SSSR count). The van der Waals surface area contributed by atoms with E-state index in [0.29, 0.717) is 0 Å². The van der Waals surface area contributed by atoms with Gasteiger partial charge in [-0.1, -0.05) is 40.1 Å². The molecule has 0 fully saturated rings. The fourth-order valence-corrected chi connectivity index (χ4v) is 1.09. The molecule has 0 aliphatic heterocycles. The monoisotopic (exact) mass is 250 g/mol. The predicted octanol–water partition coefficient (Wildman–Crippen LogP) is 3.24. The smallest absolute Gasteiger partial charge is 0.447 e. The van der Waals surface area contributed by atoms with E-state index in [2.05, 4.69) is 15.0 Å². The Hall–Kier alpha value is -2.24. The third-order valence-electron chi connectivity index (χ3n) is 1.96. The third-order valence-corrected chi connectivity index (χ3v) is 1.96. The number of nitrogens with zero attached hydrogens (tertiary/aromatic N) is 2. The number of hydrogen-bond acceptors (Lipinski definition) is 4. The summed E-state index contributed by atoms with van der Waals surface area (Å²) >= 11 is 0. The van der Waals surface area contributed by atoms with Crippen molar-refractivity contribution in [2.45, 2.75) is 20.5 Å². The maximum absolute atomic E-state index is 11.1. The van der Waals surface area contributed by atoms with Gasteiger partial charge in [0, 0.05) is 0 Å². The van der Waals surface area contributed by atoms with E-state index in [1.165, 1.54) is 0 Å². The molecule has 0 atom stereocenters. The Morgan fingerprint density at radius 3 is 2.17 bits per heavy atom. The molecule has 6 nitrogen and oxygen atoms in total. The first-order chi connectivity index (χ1) is 8.61. The van der Waals surface area contributed by atoms with Gasteiger partial charge in [-0.15, -0.1) is 0 Å². The molecule has 2 amide bonds. The lowest BCUT2D eigenvalue weighted by Crippen LogP contribution is -2.01. The van der Waals surface area contributed by atoms with Gasteiger partial charge in [0.2, 0.25) is 0 Å². The molecule has 1 aromatic rings. The van der Waals surface area contributed by atoms with E-state index in [0.717, 1.165) is 11.1 Å². The van der Waals surface area contributed by atoms with Gasteiger partial charge in [-0.25, -0.2) is 9.59 Å². The van der Waals surface area contributed by atoms with Gasteiger partial charge in [0.05, 0.1) is 6.61 Å². The Kier molecular flexibility index (Phi) is 5.50. The standard InChI is InChI=1S/C12H14N2O4/c1-3-17-11(15)13-14-12(16)18-8-10-6-4-9(2)5-7-10/h4-7H,3,8H2,1-2H3. The van der Waals surface area contributed by atoms with Crippen LogP contribution in [0.25, 0.3) is 0 Å². The Morgan fingerprint density at radius 2 is 1.61 bits per heavy atom. The molecule has 1 aromatic carbocycles. The Labute approximate surface area is 105 Å². The molecule has 18 heavy (non-hydrogen) atoms. The van der Waals surface area contributed by atoms with Crippen molar-refractivity contribution in [1.29, 1.82) is 0 Å². The highest BCUT2D eigenvalue weighted by atomic mass is 16.6. The second-order valence-corrected chi connectivity index (χ2v) is 3.44. The largest absolute Gasteiger partial charge is 0.452 e. The summed E-state index contributed by atoms with van der Waals surface area (Å²) in [6.45, 7) is 3.85. The molecule has 0 aliphatic rings. The number of ether oxygens (including phenoxy) is 2. The maximum Gasteiger partial charge on any atom is 0.452 e. The quantitative estimate of drug-likeness (QED) is 0.771. The Balaban J connectivity index is 2.37. The van der Waals surface area contributed by atoms with Crippen LogP contribution in [0.2, 0.25) is 0 Å². The molecular weight excluding hydrogens is 236 g/mol. The second kappa shape index (κ2) is 7.16. The van der Waals surface area contributed by atoms with Crippen molar-refractivity contribution in [3.63, 3.8) is 0 Å². The van der Waals surface area contributed by atoms with Crippen molar-refractivity contribution < 1.29 is 19.1 Å². The fraction of sp³-hybridized carbons (Fsp3) is 0.333. The van der Waals surface area contributed by atoms with Crippen LogP contribution in [0.4, 0.5) is 9.59 Å². The van der Waals surface area contributed by atoms with Crippen molar-refractivity contribution in [1.82, 2.24) is 0 Å². The van der Waals surface area contributed by atoms with E-state index >= 15 is 0 Å². The summed E-state index contributed by atoms with van der Waals surface area (Å²) in [4.78, 5) is 21.9. The number of hydrogen-bond donors (Lipinski definition) is 0. The lowest BCUT2D eigenvalue weighted by atomic mass is 10.2. The zero-order valence-electron chi connectivity index (χ0n) is 10.3. The molecule has 6 heteroatoms. The summed E-state index contributed by atoms with van der Waals surface area (Å²) in [6, 6.07) is 7.49. The maximum atomic E-state index is 11.1. The van der Waals surface area contributed by atoms with Crippen molar-refractivity contribution >= 4 is 12.2 Å². The molecule has 0 unspecified atom stereocenters. The molecule has 96 valence electrons. The molecule has 0 aromatic heterocycles. The van der Waals surface area contributed by atoms with Gasteiger partial charge in [0.15, 0.2) is 0 Å². The number of carbonyl (C=O) groups excluding carboxylic acids is 2. The molecule has 0 saturated heterocycles. The number of aryl methyl sites for hydroxylation is 1. The van der Waals surface area contributed by atoms with E-state index in [-0.39, 0.29) is 13.2 Å². The minimum absolute atomic E-state index is 0.0843. The SMILES string of the molecule is CCOC(=O)N=NC(=O)OCc1ccc(C)cc1. The van der Waals surface area contributed by atoms with Crippen molar-refractivity contribution in [2.24, 2.45) is 10.2 Å². The van der Waals surface area contributed by atoms with E-state index < -0.39 is 12.2 Å². The van der Waals surface area contributed by atoms with Gasteiger partial charge >= 0.3 is 12.2 Å². The molecule has 0 N–H and O–H groups in total. The number of rotatable bonds is 3. The molecule has 0 aliphatic carbocycles. The molecule has 0 radical (unpaired) electrons. The van der Waals surface area contributed by atoms with E-state index in [9.17, 15) is 9.59 Å². The minimum Gasteiger partial charge on any atom is -0.447 e.